The quantitative estimate of drug-likeness (QED) is 0.191. The van der Waals surface area contributed by atoms with E-state index in [1.54, 1.807) is 6.07 Å². The Kier molecular flexibility index (Phi) is 12.1. The van der Waals surface area contributed by atoms with Gasteiger partial charge in [-0.15, -0.1) is 0 Å². The Morgan fingerprint density at radius 1 is 1.09 bits per heavy atom. The van der Waals surface area contributed by atoms with Crippen molar-refractivity contribution in [3.05, 3.63) is 88.7 Å². The first-order valence-electron chi connectivity index (χ1n) is 15.5. The SMILES string of the molecule is CCOCCCN(C(=O)c1cc(C(=O)N[C@@H](Cc2ccccc2)[C@H](O)CNCc2cccc(C(F)(F)F)c2)nn1CC)C1CC1. The van der Waals surface area contributed by atoms with Crippen LogP contribution in [0.5, 0.6) is 0 Å². The van der Waals surface area contributed by atoms with Crippen molar-refractivity contribution >= 4 is 11.8 Å². The lowest BCUT2D eigenvalue weighted by Gasteiger charge is -2.24. The van der Waals surface area contributed by atoms with Crippen LogP contribution in [0.25, 0.3) is 0 Å². The van der Waals surface area contributed by atoms with Crippen LogP contribution in [0.15, 0.2) is 60.7 Å². The van der Waals surface area contributed by atoms with Crippen molar-refractivity contribution in [2.24, 2.45) is 0 Å². The monoisotopic (exact) mass is 629 g/mol. The van der Waals surface area contributed by atoms with Gasteiger partial charge in [0.05, 0.1) is 17.7 Å². The fourth-order valence-electron chi connectivity index (χ4n) is 5.16. The largest absolute Gasteiger partial charge is 0.416 e. The Labute approximate surface area is 261 Å². The predicted octanol–water partition coefficient (Wildman–Crippen LogP) is 4.44. The van der Waals surface area contributed by atoms with E-state index in [0.29, 0.717) is 50.4 Å². The number of rotatable bonds is 17. The van der Waals surface area contributed by atoms with E-state index in [-0.39, 0.29) is 30.7 Å². The van der Waals surface area contributed by atoms with Gasteiger partial charge in [-0.25, -0.2) is 0 Å². The van der Waals surface area contributed by atoms with Crippen molar-refractivity contribution in [1.82, 2.24) is 25.3 Å². The first-order chi connectivity index (χ1) is 21.6. The summed E-state index contributed by atoms with van der Waals surface area (Å²) in [6.07, 6.45) is -2.64. The topological polar surface area (TPSA) is 109 Å². The van der Waals surface area contributed by atoms with Crippen molar-refractivity contribution in [1.29, 1.82) is 0 Å². The van der Waals surface area contributed by atoms with Gasteiger partial charge < -0.3 is 25.4 Å². The molecule has 0 saturated heterocycles. The highest BCUT2D eigenvalue weighted by atomic mass is 19.4. The zero-order chi connectivity index (χ0) is 32.4. The van der Waals surface area contributed by atoms with Gasteiger partial charge in [0.1, 0.15) is 5.69 Å². The molecule has 3 N–H and O–H groups in total. The summed E-state index contributed by atoms with van der Waals surface area (Å²) in [5.41, 5.74) is 0.941. The minimum atomic E-state index is -4.45. The Balaban J connectivity index is 1.45. The minimum Gasteiger partial charge on any atom is -0.390 e. The predicted molar refractivity (Wildman–Crippen MR) is 164 cm³/mol. The van der Waals surface area contributed by atoms with E-state index < -0.39 is 29.8 Å². The maximum Gasteiger partial charge on any atom is 0.416 e. The molecule has 0 bridgehead atoms. The van der Waals surface area contributed by atoms with Gasteiger partial charge in [-0.2, -0.15) is 18.3 Å². The molecular weight excluding hydrogens is 587 g/mol. The third-order valence-corrected chi connectivity index (χ3v) is 7.69. The van der Waals surface area contributed by atoms with Crippen LogP contribution in [0.1, 0.15) is 70.8 Å². The Morgan fingerprint density at radius 3 is 2.49 bits per heavy atom. The standard InChI is InChI=1S/C33H42F3N5O4/c1-3-41-29(32(44)40(26-14-15-26)16-9-17-45-4-2)20-28(39-41)31(43)38-27(19-23-10-6-5-7-11-23)30(42)22-37-21-24-12-8-13-25(18-24)33(34,35)36/h5-8,10-13,18,20,26-27,30,37,42H,3-4,9,14-17,19,21-22H2,1-2H3,(H,38,43)/t27-,30+/m0/s1. The van der Waals surface area contributed by atoms with Crippen LogP contribution >= 0.6 is 0 Å². The number of carbonyl (C=O) groups excluding carboxylic acids is 2. The molecule has 244 valence electrons. The molecule has 0 radical (unpaired) electrons. The molecule has 1 aromatic heterocycles. The molecule has 1 aliphatic carbocycles. The summed E-state index contributed by atoms with van der Waals surface area (Å²) in [5.74, 6) is -0.717. The summed E-state index contributed by atoms with van der Waals surface area (Å²) in [6, 6.07) is 15.2. The number of amides is 2. The molecule has 12 heteroatoms. The van der Waals surface area contributed by atoms with Crippen LogP contribution < -0.4 is 10.6 Å². The number of aliphatic hydroxyl groups excluding tert-OH is 1. The molecule has 1 aliphatic rings. The van der Waals surface area contributed by atoms with Crippen molar-refractivity contribution in [3.8, 4) is 0 Å². The zero-order valence-corrected chi connectivity index (χ0v) is 25.7. The molecule has 0 spiro atoms. The molecule has 2 atom stereocenters. The fourth-order valence-corrected chi connectivity index (χ4v) is 5.16. The highest BCUT2D eigenvalue weighted by Crippen LogP contribution is 2.30. The number of halogens is 3. The molecule has 45 heavy (non-hydrogen) atoms. The molecule has 9 nitrogen and oxygen atoms in total. The highest BCUT2D eigenvalue weighted by molar-refractivity contribution is 5.98. The fraction of sp³-hybridized carbons (Fsp3) is 0.485. The molecule has 1 saturated carbocycles. The second kappa shape index (κ2) is 16.0. The molecule has 2 aromatic carbocycles. The average molecular weight is 630 g/mol. The maximum atomic E-state index is 13.6. The normalized spacial score (nSPS) is 14.6. The summed E-state index contributed by atoms with van der Waals surface area (Å²) in [6.45, 7) is 6.01. The summed E-state index contributed by atoms with van der Waals surface area (Å²) < 4.78 is 46.3. The first-order valence-corrected chi connectivity index (χ1v) is 15.5. The Morgan fingerprint density at radius 2 is 1.82 bits per heavy atom. The number of hydrogen-bond donors (Lipinski definition) is 3. The summed E-state index contributed by atoms with van der Waals surface area (Å²) in [4.78, 5) is 28.9. The number of alkyl halides is 3. The molecule has 2 amide bonds. The van der Waals surface area contributed by atoms with Crippen LogP contribution in [-0.4, -0.2) is 76.1 Å². The molecule has 1 heterocycles. The molecule has 4 rings (SSSR count). The van der Waals surface area contributed by atoms with Gasteiger partial charge in [-0.3, -0.25) is 14.3 Å². The lowest BCUT2D eigenvalue weighted by Crippen LogP contribution is -2.48. The van der Waals surface area contributed by atoms with E-state index in [4.69, 9.17) is 4.74 Å². The average Bonchev–Trinajstić information content (AvgIpc) is 3.77. The zero-order valence-electron chi connectivity index (χ0n) is 25.7. The second-order valence-electron chi connectivity index (χ2n) is 11.2. The number of aliphatic hydroxyl groups is 1. The number of carbonyl (C=O) groups is 2. The summed E-state index contributed by atoms with van der Waals surface area (Å²) >= 11 is 0. The number of aryl methyl sites for hydroxylation is 1. The van der Waals surface area contributed by atoms with E-state index >= 15 is 0 Å². The number of nitrogens with one attached hydrogen (secondary N) is 2. The van der Waals surface area contributed by atoms with Crippen molar-refractivity contribution < 1.29 is 32.6 Å². The van der Waals surface area contributed by atoms with E-state index in [1.165, 1.54) is 16.8 Å². The smallest absolute Gasteiger partial charge is 0.390 e. The molecule has 0 unspecified atom stereocenters. The van der Waals surface area contributed by atoms with Crippen LogP contribution in [0, 0.1) is 0 Å². The number of aromatic nitrogens is 2. The summed E-state index contributed by atoms with van der Waals surface area (Å²) in [5, 5.41) is 21.4. The van der Waals surface area contributed by atoms with Crippen molar-refractivity contribution in [2.45, 2.75) is 77.0 Å². The molecule has 3 aromatic rings. The summed E-state index contributed by atoms with van der Waals surface area (Å²) in [7, 11) is 0. The second-order valence-corrected chi connectivity index (χ2v) is 11.2. The van der Waals surface area contributed by atoms with Gasteiger partial charge in [0.15, 0.2) is 5.69 Å². The van der Waals surface area contributed by atoms with E-state index in [1.807, 2.05) is 49.1 Å². The van der Waals surface area contributed by atoms with Crippen LogP contribution in [0.4, 0.5) is 13.2 Å². The Hall–Kier alpha value is -3.74. The number of nitrogens with zero attached hydrogens (tertiary/aromatic N) is 3. The van der Waals surface area contributed by atoms with E-state index in [9.17, 15) is 27.9 Å². The number of benzene rings is 2. The third kappa shape index (κ3) is 9.87. The van der Waals surface area contributed by atoms with Crippen molar-refractivity contribution in [3.63, 3.8) is 0 Å². The van der Waals surface area contributed by atoms with E-state index in [0.717, 1.165) is 30.5 Å². The van der Waals surface area contributed by atoms with Gasteiger partial charge in [0.25, 0.3) is 11.8 Å². The number of ether oxygens (including phenoxy) is 1. The van der Waals surface area contributed by atoms with Crippen molar-refractivity contribution in [2.75, 3.05) is 26.3 Å². The van der Waals surface area contributed by atoms with Crippen LogP contribution in [-0.2, 0) is 30.4 Å². The highest BCUT2D eigenvalue weighted by Gasteiger charge is 2.35. The molecule has 1 fully saturated rings. The molecular formula is C33H42F3N5O4. The van der Waals surface area contributed by atoms with Gasteiger partial charge in [0, 0.05) is 51.5 Å². The maximum absolute atomic E-state index is 13.6. The number of hydrogen-bond acceptors (Lipinski definition) is 6. The molecule has 0 aliphatic heterocycles. The van der Waals surface area contributed by atoms with Gasteiger partial charge in [-0.1, -0.05) is 48.5 Å². The lowest BCUT2D eigenvalue weighted by atomic mass is 10.0. The third-order valence-electron chi connectivity index (χ3n) is 7.69. The van der Waals surface area contributed by atoms with E-state index in [2.05, 4.69) is 15.7 Å². The van der Waals surface area contributed by atoms with Gasteiger partial charge in [0.2, 0.25) is 0 Å². The minimum absolute atomic E-state index is 0.0132. The van der Waals surface area contributed by atoms with Gasteiger partial charge in [-0.05, 0) is 56.7 Å². The Bertz CT molecular complexity index is 1390. The van der Waals surface area contributed by atoms with Crippen LogP contribution in [0.2, 0.25) is 0 Å². The first kappa shape index (κ1) is 34.1. The lowest BCUT2D eigenvalue weighted by molar-refractivity contribution is -0.137. The van der Waals surface area contributed by atoms with Crippen LogP contribution in [0.3, 0.4) is 0 Å². The van der Waals surface area contributed by atoms with Gasteiger partial charge >= 0.3 is 6.18 Å².